The molecule has 1 amide bonds. The highest BCUT2D eigenvalue weighted by Crippen LogP contribution is 2.25. The van der Waals surface area contributed by atoms with Crippen molar-refractivity contribution in [1.29, 1.82) is 0 Å². The van der Waals surface area contributed by atoms with E-state index in [1.807, 2.05) is 31.3 Å². The van der Waals surface area contributed by atoms with Crippen molar-refractivity contribution in [3.05, 3.63) is 65.0 Å². The van der Waals surface area contributed by atoms with Gasteiger partial charge in [0.2, 0.25) is 0 Å². The maximum Gasteiger partial charge on any atom is 0.251 e. The van der Waals surface area contributed by atoms with Crippen LogP contribution in [0.1, 0.15) is 33.2 Å². The van der Waals surface area contributed by atoms with Gasteiger partial charge < -0.3 is 5.32 Å². The molecule has 0 spiro atoms. The summed E-state index contributed by atoms with van der Waals surface area (Å²) in [5, 5.41) is 2.70. The summed E-state index contributed by atoms with van der Waals surface area (Å²) in [5.41, 5.74) is 4.20. The molecule has 1 aromatic carbocycles. The van der Waals surface area contributed by atoms with Gasteiger partial charge in [-0.3, -0.25) is 19.6 Å². The van der Waals surface area contributed by atoms with E-state index in [1.165, 1.54) is 11.1 Å². The van der Waals surface area contributed by atoms with E-state index < -0.39 is 0 Å². The van der Waals surface area contributed by atoms with E-state index in [-0.39, 0.29) is 11.9 Å². The van der Waals surface area contributed by atoms with Gasteiger partial charge >= 0.3 is 0 Å². The van der Waals surface area contributed by atoms with Gasteiger partial charge in [-0.2, -0.15) is 0 Å². The number of pyridine rings is 1. The predicted octanol–water partition coefficient (Wildman–Crippen LogP) is 2.24. The summed E-state index contributed by atoms with van der Waals surface area (Å²) in [6.45, 7) is 5.91. The minimum absolute atomic E-state index is 0.0390. The first-order valence-corrected chi connectivity index (χ1v) is 8.73. The second-order valence-corrected chi connectivity index (χ2v) is 6.74. The van der Waals surface area contributed by atoms with Crippen molar-refractivity contribution in [1.82, 2.24) is 20.1 Å². The highest BCUT2D eigenvalue weighted by molar-refractivity contribution is 5.94. The van der Waals surface area contributed by atoms with Crippen LogP contribution in [0.15, 0.2) is 42.6 Å². The molecule has 0 aliphatic carbocycles. The van der Waals surface area contributed by atoms with Gasteiger partial charge in [-0.1, -0.05) is 18.2 Å². The van der Waals surface area contributed by atoms with Gasteiger partial charge in [0.05, 0.1) is 0 Å². The summed E-state index contributed by atoms with van der Waals surface area (Å²) in [4.78, 5) is 21.1. The fourth-order valence-corrected chi connectivity index (χ4v) is 3.32. The maximum absolute atomic E-state index is 11.9. The summed E-state index contributed by atoms with van der Waals surface area (Å²) in [7, 11) is 3.82. The summed E-state index contributed by atoms with van der Waals surface area (Å²) < 4.78 is 0. The van der Waals surface area contributed by atoms with E-state index in [0.717, 1.165) is 31.9 Å². The van der Waals surface area contributed by atoms with Gasteiger partial charge in [0, 0.05) is 56.7 Å². The number of aromatic nitrogens is 1. The number of hydrogen-bond donors (Lipinski definition) is 1. The number of piperazine rings is 1. The van der Waals surface area contributed by atoms with Gasteiger partial charge in [-0.05, 0) is 43.3 Å². The first-order valence-electron chi connectivity index (χ1n) is 8.73. The molecule has 1 aromatic heterocycles. The quantitative estimate of drug-likeness (QED) is 0.929. The molecule has 0 bridgehead atoms. The number of hydrogen-bond acceptors (Lipinski definition) is 4. The molecule has 132 valence electrons. The Balaban J connectivity index is 1.74. The van der Waals surface area contributed by atoms with E-state index in [2.05, 4.69) is 45.3 Å². The monoisotopic (exact) mass is 338 g/mol. The van der Waals surface area contributed by atoms with Crippen molar-refractivity contribution in [2.75, 3.05) is 33.7 Å². The molecule has 5 nitrogen and oxygen atoms in total. The van der Waals surface area contributed by atoms with Crippen LogP contribution < -0.4 is 5.32 Å². The minimum Gasteiger partial charge on any atom is -0.355 e. The van der Waals surface area contributed by atoms with Crippen LogP contribution in [-0.2, 0) is 6.54 Å². The summed E-state index contributed by atoms with van der Waals surface area (Å²) in [5.74, 6) is -0.0390. The third-order valence-electron chi connectivity index (χ3n) is 4.87. The molecule has 1 atom stereocenters. The average molecular weight is 338 g/mol. The van der Waals surface area contributed by atoms with Crippen molar-refractivity contribution in [2.24, 2.45) is 0 Å². The Morgan fingerprint density at radius 2 is 2.12 bits per heavy atom. The van der Waals surface area contributed by atoms with E-state index in [1.54, 1.807) is 7.05 Å². The van der Waals surface area contributed by atoms with Crippen LogP contribution >= 0.6 is 0 Å². The lowest BCUT2D eigenvalue weighted by atomic mass is 10.00. The third-order valence-corrected chi connectivity index (χ3v) is 4.87. The standard InChI is InChI=1S/C20H26N4O/c1-15-7-8-16(12-22-15)13-24-10-9-23(3)19(14-24)17-5-4-6-18(11-17)20(25)21-2/h4-8,11-12,19H,9-10,13-14H2,1-3H3,(H,21,25)/t19-/m1/s1. The van der Waals surface area contributed by atoms with Crippen LogP contribution in [-0.4, -0.2) is 54.4 Å². The SMILES string of the molecule is CNC(=O)c1cccc([C@H]2CN(Cc3ccc(C)nc3)CCN2C)c1. The van der Waals surface area contributed by atoms with Gasteiger partial charge in [-0.15, -0.1) is 0 Å². The van der Waals surface area contributed by atoms with Crippen molar-refractivity contribution in [2.45, 2.75) is 19.5 Å². The number of amides is 1. The largest absolute Gasteiger partial charge is 0.355 e. The summed E-state index contributed by atoms with van der Waals surface area (Å²) >= 11 is 0. The first-order chi connectivity index (χ1) is 12.1. The predicted molar refractivity (Wildman–Crippen MR) is 99.5 cm³/mol. The molecule has 1 fully saturated rings. The van der Waals surface area contributed by atoms with Crippen LogP contribution in [0.3, 0.4) is 0 Å². The number of benzene rings is 1. The summed E-state index contributed by atoms with van der Waals surface area (Å²) in [6, 6.07) is 12.5. The lowest BCUT2D eigenvalue weighted by Gasteiger charge is -2.39. The number of carbonyl (C=O) groups excluding carboxylic acids is 1. The normalized spacial score (nSPS) is 18.9. The first kappa shape index (κ1) is 17.6. The van der Waals surface area contributed by atoms with Crippen LogP contribution in [0.2, 0.25) is 0 Å². The molecule has 25 heavy (non-hydrogen) atoms. The lowest BCUT2D eigenvalue weighted by molar-refractivity contribution is 0.0900. The Bertz CT molecular complexity index is 729. The van der Waals surface area contributed by atoms with Gasteiger partial charge in [0.15, 0.2) is 0 Å². The molecule has 3 rings (SSSR count). The zero-order chi connectivity index (χ0) is 17.8. The molecule has 0 radical (unpaired) electrons. The van der Waals surface area contributed by atoms with Crippen molar-refractivity contribution < 1.29 is 4.79 Å². The highest BCUT2D eigenvalue weighted by Gasteiger charge is 2.26. The van der Waals surface area contributed by atoms with Gasteiger partial charge in [0.25, 0.3) is 5.91 Å². The summed E-state index contributed by atoms with van der Waals surface area (Å²) in [6.07, 6.45) is 1.97. The Hall–Kier alpha value is -2.24. The molecule has 5 heteroatoms. The van der Waals surface area contributed by atoms with Crippen molar-refractivity contribution >= 4 is 5.91 Å². The van der Waals surface area contributed by atoms with E-state index in [0.29, 0.717) is 5.56 Å². The van der Waals surface area contributed by atoms with Gasteiger partial charge in [-0.25, -0.2) is 0 Å². The Morgan fingerprint density at radius 3 is 2.84 bits per heavy atom. The van der Waals surface area contributed by atoms with E-state index in [4.69, 9.17) is 0 Å². The van der Waals surface area contributed by atoms with Gasteiger partial charge in [0.1, 0.15) is 0 Å². The second-order valence-electron chi connectivity index (χ2n) is 6.74. The smallest absolute Gasteiger partial charge is 0.251 e. The maximum atomic E-state index is 11.9. The second kappa shape index (κ2) is 7.76. The number of carbonyl (C=O) groups is 1. The molecular weight excluding hydrogens is 312 g/mol. The topological polar surface area (TPSA) is 48.5 Å². The van der Waals surface area contributed by atoms with E-state index >= 15 is 0 Å². The molecule has 0 saturated carbocycles. The van der Waals surface area contributed by atoms with Crippen LogP contribution in [0.4, 0.5) is 0 Å². The number of nitrogens with zero attached hydrogens (tertiary/aromatic N) is 3. The molecule has 2 aromatic rings. The molecule has 1 aliphatic rings. The fraction of sp³-hybridized carbons (Fsp3) is 0.400. The molecular formula is C20H26N4O. The fourth-order valence-electron chi connectivity index (χ4n) is 3.32. The Morgan fingerprint density at radius 1 is 1.28 bits per heavy atom. The van der Waals surface area contributed by atoms with Crippen molar-refractivity contribution in [3.8, 4) is 0 Å². The van der Waals surface area contributed by atoms with Crippen molar-refractivity contribution in [3.63, 3.8) is 0 Å². The van der Waals surface area contributed by atoms with E-state index in [9.17, 15) is 4.79 Å². The van der Waals surface area contributed by atoms with Crippen LogP contribution in [0, 0.1) is 6.92 Å². The molecule has 1 N–H and O–H groups in total. The molecule has 1 saturated heterocycles. The highest BCUT2D eigenvalue weighted by atomic mass is 16.1. The Labute approximate surface area is 149 Å². The average Bonchev–Trinajstić information content (AvgIpc) is 2.64. The zero-order valence-corrected chi connectivity index (χ0v) is 15.2. The Kier molecular flexibility index (Phi) is 5.46. The molecule has 0 unspecified atom stereocenters. The number of nitrogens with one attached hydrogen (secondary N) is 1. The zero-order valence-electron chi connectivity index (χ0n) is 15.2. The third kappa shape index (κ3) is 4.24. The number of aryl methyl sites for hydroxylation is 1. The minimum atomic E-state index is -0.0390. The molecule has 1 aliphatic heterocycles. The van der Waals surface area contributed by atoms with Crippen LogP contribution in [0.25, 0.3) is 0 Å². The molecule has 2 heterocycles. The lowest BCUT2D eigenvalue weighted by Crippen LogP contribution is -2.46. The number of rotatable bonds is 4. The number of likely N-dealkylation sites (N-methyl/N-ethyl adjacent to an activating group) is 1. The van der Waals surface area contributed by atoms with Crippen LogP contribution in [0.5, 0.6) is 0 Å².